The van der Waals surface area contributed by atoms with Crippen molar-refractivity contribution in [3.05, 3.63) is 59.2 Å². The van der Waals surface area contributed by atoms with Crippen molar-refractivity contribution in [3.63, 3.8) is 0 Å². The van der Waals surface area contributed by atoms with Gasteiger partial charge in [0.15, 0.2) is 11.7 Å². The Morgan fingerprint density at radius 3 is 2.77 bits per heavy atom. The first-order chi connectivity index (χ1) is 14.7. The molecule has 2 aromatic rings. The molecule has 1 fully saturated rings. The van der Waals surface area contributed by atoms with Crippen molar-refractivity contribution < 1.29 is 19.5 Å². The summed E-state index contributed by atoms with van der Waals surface area (Å²) in [5, 5.41) is 22.6. The van der Waals surface area contributed by atoms with Crippen LogP contribution in [0.1, 0.15) is 32.3 Å². The Bertz CT molecular complexity index is 1100. The lowest BCUT2D eigenvalue weighted by Crippen LogP contribution is -2.25. The van der Waals surface area contributed by atoms with Crippen LogP contribution in [0.15, 0.2) is 58.8 Å². The van der Waals surface area contributed by atoms with E-state index in [9.17, 15) is 4.79 Å². The smallest absolute Gasteiger partial charge is 0.233 e. The van der Waals surface area contributed by atoms with Crippen LogP contribution in [0.3, 0.4) is 0 Å². The van der Waals surface area contributed by atoms with Gasteiger partial charge in [-0.3, -0.25) is 4.79 Å². The molecule has 0 bridgehead atoms. The SMILES string of the molecule is Cn1ncc(NC(=O)C2C=C3OC(C)(C)CC3=C(Oc3ccc(C(N)=NO)cc3)C2)n1. The highest BCUT2D eigenvalue weighted by Crippen LogP contribution is 2.44. The highest BCUT2D eigenvalue weighted by molar-refractivity contribution is 5.97. The molecule has 31 heavy (non-hydrogen) atoms. The van der Waals surface area contributed by atoms with E-state index in [0.29, 0.717) is 41.5 Å². The molecule has 0 spiro atoms. The van der Waals surface area contributed by atoms with Crippen molar-refractivity contribution in [2.24, 2.45) is 23.9 Å². The van der Waals surface area contributed by atoms with E-state index in [-0.39, 0.29) is 17.3 Å². The molecule has 1 aromatic heterocycles. The molecule has 2 heterocycles. The first-order valence-electron chi connectivity index (χ1n) is 9.80. The molecule has 0 radical (unpaired) electrons. The van der Waals surface area contributed by atoms with E-state index < -0.39 is 5.92 Å². The molecule has 1 unspecified atom stereocenters. The zero-order valence-corrected chi connectivity index (χ0v) is 17.5. The Balaban J connectivity index is 1.57. The quantitative estimate of drug-likeness (QED) is 0.290. The number of amidine groups is 1. The lowest BCUT2D eigenvalue weighted by molar-refractivity contribution is -0.118. The number of fused-ring (bicyclic) bond motifs is 1. The second kappa shape index (κ2) is 7.78. The maximum Gasteiger partial charge on any atom is 0.233 e. The zero-order valence-electron chi connectivity index (χ0n) is 17.5. The number of nitrogens with two attached hydrogens (primary N) is 1. The fourth-order valence-electron chi connectivity index (χ4n) is 3.63. The van der Waals surface area contributed by atoms with Crippen LogP contribution < -0.4 is 15.8 Å². The summed E-state index contributed by atoms with van der Waals surface area (Å²) in [7, 11) is 1.68. The van der Waals surface area contributed by atoms with Gasteiger partial charge in [-0.25, -0.2) is 0 Å². The molecular weight excluding hydrogens is 400 g/mol. The van der Waals surface area contributed by atoms with Crippen LogP contribution in [0.2, 0.25) is 0 Å². The van der Waals surface area contributed by atoms with Crippen molar-refractivity contribution in [1.29, 1.82) is 0 Å². The van der Waals surface area contributed by atoms with Crippen LogP contribution in [0.4, 0.5) is 5.82 Å². The average molecular weight is 424 g/mol. The van der Waals surface area contributed by atoms with Gasteiger partial charge in [0.2, 0.25) is 5.91 Å². The number of hydrogen-bond acceptors (Lipinski definition) is 7. The van der Waals surface area contributed by atoms with Crippen molar-refractivity contribution in [2.45, 2.75) is 32.3 Å². The number of oxime groups is 1. The van der Waals surface area contributed by atoms with E-state index in [1.807, 2.05) is 19.9 Å². The van der Waals surface area contributed by atoms with Gasteiger partial charge in [-0.2, -0.15) is 9.90 Å². The number of aryl methyl sites for hydroxylation is 1. The number of allylic oxidation sites excluding steroid dienone is 2. The van der Waals surface area contributed by atoms with Crippen LogP contribution in [-0.4, -0.2) is 37.5 Å². The second-order valence-corrected chi connectivity index (χ2v) is 8.10. The highest BCUT2D eigenvalue weighted by atomic mass is 16.5. The predicted octanol–water partition coefficient (Wildman–Crippen LogP) is 2.28. The van der Waals surface area contributed by atoms with Gasteiger partial charge in [0.25, 0.3) is 0 Å². The number of anilines is 1. The number of nitrogens with one attached hydrogen (secondary N) is 1. The van der Waals surface area contributed by atoms with Crippen molar-refractivity contribution in [3.8, 4) is 5.75 Å². The zero-order chi connectivity index (χ0) is 22.2. The number of carbonyl (C=O) groups excluding carboxylic acids is 1. The van der Waals surface area contributed by atoms with Crippen molar-refractivity contribution >= 4 is 17.6 Å². The van der Waals surface area contributed by atoms with Gasteiger partial charge >= 0.3 is 0 Å². The largest absolute Gasteiger partial charge is 0.487 e. The minimum Gasteiger partial charge on any atom is -0.487 e. The molecule has 1 aliphatic carbocycles. The molecule has 1 saturated heterocycles. The Labute approximate surface area is 179 Å². The third-order valence-electron chi connectivity index (χ3n) is 5.07. The lowest BCUT2D eigenvalue weighted by Gasteiger charge is -2.22. The number of rotatable bonds is 5. The number of carbonyl (C=O) groups is 1. The summed E-state index contributed by atoms with van der Waals surface area (Å²) in [5.74, 6) is 1.62. The van der Waals surface area contributed by atoms with E-state index >= 15 is 0 Å². The summed E-state index contributed by atoms with van der Waals surface area (Å²) < 4.78 is 12.2. The van der Waals surface area contributed by atoms with E-state index in [0.717, 1.165) is 5.57 Å². The maximum absolute atomic E-state index is 12.9. The molecule has 4 rings (SSSR count). The molecule has 1 aromatic carbocycles. The van der Waals surface area contributed by atoms with Crippen molar-refractivity contribution in [1.82, 2.24) is 15.0 Å². The summed E-state index contributed by atoms with van der Waals surface area (Å²) >= 11 is 0. The second-order valence-electron chi connectivity index (χ2n) is 8.10. The standard InChI is InChI=1S/C21H24N6O4/c1-21(2)10-15-16(30-14-6-4-12(5-7-14)19(22)26-29)8-13(9-17(15)31-21)20(28)24-18-11-23-27(3)25-18/h4-7,9,11,13,29H,8,10H2,1-3H3,(H2,22,26)(H,24,25,28). The van der Waals surface area contributed by atoms with Crippen LogP contribution in [-0.2, 0) is 16.6 Å². The Kier molecular flexibility index (Phi) is 5.14. The highest BCUT2D eigenvalue weighted by Gasteiger charge is 2.40. The number of amides is 1. The van der Waals surface area contributed by atoms with Gasteiger partial charge in [-0.15, -0.1) is 5.10 Å². The van der Waals surface area contributed by atoms with Gasteiger partial charge < -0.3 is 25.7 Å². The first kappa shape index (κ1) is 20.5. The molecule has 2 aliphatic rings. The molecule has 10 heteroatoms. The molecule has 10 nitrogen and oxygen atoms in total. The van der Waals surface area contributed by atoms with Crippen molar-refractivity contribution in [2.75, 3.05) is 5.32 Å². The van der Waals surface area contributed by atoms with Gasteiger partial charge in [0, 0.05) is 31.0 Å². The monoisotopic (exact) mass is 424 g/mol. The molecule has 1 atom stereocenters. The minimum atomic E-state index is -0.485. The Morgan fingerprint density at radius 1 is 1.39 bits per heavy atom. The predicted molar refractivity (Wildman–Crippen MR) is 112 cm³/mol. The fourth-order valence-corrected chi connectivity index (χ4v) is 3.63. The Hall–Kier alpha value is -3.82. The van der Waals surface area contributed by atoms with E-state index in [1.54, 1.807) is 31.3 Å². The van der Waals surface area contributed by atoms with Gasteiger partial charge in [0.05, 0.1) is 12.1 Å². The molecule has 0 saturated carbocycles. The number of nitrogens with zero attached hydrogens (tertiary/aromatic N) is 4. The summed E-state index contributed by atoms with van der Waals surface area (Å²) in [4.78, 5) is 14.2. The lowest BCUT2D eigenvalue weighted by atomic mass is 9.90. The molecule has 1 amide bonds. The van der Waals surface area contributed by atoms with Crippen LogP contribution in [0.5, 0.6) is 5.75 Å². The van der Waals surface area contributed by atoms with E-state index in [1.165, 1.54) is 11.0 Å². The number of aromatic nitrogens is 3. The first-order valence-corrected chi connectivity index (χ1v) is 9.80. The molecule has 4 N–H and O–H groups in total. The van der Waals surface area contributed by atoms with Crippen LogP contribution in [0, 0.1) is 5.92 Å². The number of ether oxygens (including phenoxy) is 2. The third kappa shape index (κ3) is 4.37. The van der Waals surface area contributed by atoms with Gasteiger partial charge in [-0.05, 0) is 44.2 Å². The molecular formula is C21H24N6O4. The number of hydrogen-bond donors (Lipinski definition) is 3. The fraction of sp³-hybridized carbons (Fsp3) is 0.333. The van der Waals surface area contributed by atoms with Crippen LogP contribution in [0.25, 0.3) is 0 Å². The normalized spacial score (nSPS) is 20.0. The summed E-state index contributed by atoms with van der Waals surface area (Å²) in [6.07, 6.45) is 4.38. The Morgan fingerprint density at radius 2 is 2.13 bits per heavy atom. The molecule has 1 aliphatic heterocycles. The van der Waals surface area contributed by atoms with E-state index in [2.05, 4.69) is 20.7 Å². The maximum atomic E-state index is 12.9. The summed E-state index contributed by atoms with van der Waals surface area (Å²) in [6.45, 7) is 3.99. The third-order valence-corrected chi connectivity index (χ3v) is 5.07. The van der Waals surface area contributed by atoms with Gasteiger partial charge in [-0.1, -0.05) is 5.16 Å². The summed E-state index contributed by atoms with van der Waals surface area (Å²) in [5.41, 5.74) is 6.75. The minimum absolute atomic E-state index is 0.0168. The average Bonchev–Trinajstić information content (AvgIpc) is 3.28. The topological polar surface area (TPSA) is 137 Å². The summed E-state index contributed by atoms with van der Waals surface area (Å²) in [6, 6.07) is 6.86. The van der Waals surface area contributed by atoms with Crippen LogP contribution >= 0.6 is 0 Å². The van der Waals surface area contributed by atoms with E-state index in [4.69, 9.17) is 20.4 Å². The number of benzene rings is 1. The molecule has 162 valence electrons. The van der Waals surface area contributed by atoms with Gasteiger partial charge in [0.1, 0.15) is 22.9 Å².